The van der Waals surface area contributed by atoms with E-state index in [-0.39, 0.29) is 0 Å². The first-order valence-corrected chi connectivity index (χ1v) is 4.96. The van der Waals surface area contributed by atoms with E-state index in [0.717, 1.165) is 15.8 Å². The number of rotatable bonds is 0. The molecule has 0 aliphatic rings. The Hall–Kier alpha value is -1.57. The highest BCUT2D eigenvalue weighted by molar-refractivity contribution is 7.22. The SMILES string of the molecule is NCC#Cc1ccc2sc(N)nc2c1. The van der Waals surface area contributed by atoms with Gasteiger partial charge in [-0.1, -0.05) is 23.2 Å². The summed E-state index contributed by atoms with van der Waals surface area (Å²) >= 11 is 1.48. The zero-order chi connectivity index (χ0) is 9.97. The molecule has 2 rings (SSSR count). The molecule has 4 heteroatoms. The van der Waals surface area contributed by atoms with Crippen LogP contribution in [0.1, 0.15) is 5.56 Å². The van der Waals surface area contributed by atoms with Crippen molar-refractivity contribution in [2.24, 2.45) is 5.73 Å². The molecule has 0 atom stereocenters. The highest BCUT2D eigenvalue weighted by Crippen LogP contribution is 2.23. The molecule has 14 heavy (non-hydrogen) atoms. The van der Waals surface area contributed by atoms with Gasteiger partial charge in [0.05, 0.1) is 16.8 Å². The van der Waals surface area contributed by atoms with E-state index in [0.29, 0.717) is 11.7 Å². The first-order valence-electron chi connectivity index (χ1n) is 4.14. The maximum absolute atomic E-state index is 5.59. The van der Waals surface area contributed by atoms with E-state index in [4.69, 9.17) is 11.5 Å². The fraction of sp³-hybridized carbons (Fsp3) is 0.100. The van der Waals surface area contributed by atoms with Crippen LogP contribution in [-0.2, 0) is 0 Å². The van der Waals surface area contributed by atoms with Gasteiger partial charge in [-0.3, -0.25) is 0 Å². The summed E-state index contributed by atoms with van der Waals surface area (Å²) in [6.45, 7) is 0.372. The van der Waals surface area contributed by atoms with Crippen LogP contribution in [0.15, 0.2) is 18.2 Å². The summed E-state index contributed by atoms with van der Waals surface area (Å²) in [6, 6.07) is 5.84. The molecule has 0 bridgehead atoms. The number of hydrogen-bond donors (Lipinski definition) is 2. The number of thiazole rings is 1. The van der Waals surface area contributed by atoms with Gasteiger partial charge >= 0.3 is 0 Å². The predicted molar refractivity (Wildman–Crippen MR) is 60.0 cm³/mol. The molecule has 0 radical (unpaired) electrons. The van der Waals surface area contributed by atoms with Crippen molar-refractivity contribution in [3.63, 3.8) is 0 Å². The second-order valence-electron chi connectivity index (χ2n) is 2.74. The van der Waals surface area contributed by atoms with Crippen molar-refractivity contribution >= 4 is 26.7 Å². The Bertz CT molecular complexity index is 519. The van der Waals surface area contributed by atoms with E-state index in [1.54, 1.807) is 0 Å². The van der Waals surface area contributed by atoms with Gasteiger partial charge in [0, 0.05) is 5.56 Å². The molecule has 3 nitrogen and oxygen atoms in total. The van der Waals surface area contributed by atoms with Gasteiger partial charge in [-0.05, 0) is 18.2 Å². The molecule has 0 amide bonds. The van der Waals surface area contributed by atoms with Gasteiger partial charge in [0.15, 0.2) is 5.13 Å². The highest BCUT2D eigenvalue weighted by atomic mass is 32.1. The zero-order valence-electron chi connectivity index (χ0n) is 7.45. The van der Waals surface area contributed by atoms with Crippen LogP contribution in [0.25, 0.3) is 10.2 Å². The molecule has 0 saturated carbocycles. The lowest BCUT2D eigenvalue weighted by molar-refractivity contribution is 1.30. The predicted octanol–water partition coefficient (Wildman–Crippen LogP) is 1.19. The van der Waals surface area contributed by atoms with Crippen LogP contribution in [0.2, 0.25) is 0 Å². The minimum atomic E-state index is 0.372. The molecular weight excluding hydrogens is 194 g/mol. The molecule has 2 aromatic rings. The molecule has 1 aromatic carbocycles. The lowest BCUT2D eigenvalue weighted by Crippen LogP contribution is -1.92. The van der Waals surface area contributed by atoms with Gasteiger partial charge in [-0.25, -0.2) is 4.98 Å². The Kier molecular flexibility index (Phi) is 2.35. The lowest BCUT2D eigenvalue weighted by Gasteiger charge is -1.89. The zero-order valence-corrected chi connectivity index (χ0v) is 8.27. The van der Waals surface area contributed by atoms with Crippen molar-refractivity contribution in [1.29, 1.82) is 0 Å². The average Bonchev–Trinajstić information content (AvgIpc) is 2.54. The maximum atomic E-state index is 5.59. The fourth-order valence-electron chi connectivity index (χ4n) is 1.18. The highest BCUT2D eigenvalue weighted by Gasteiger charge is 2.00. The van der Waals surface area contributed by atoms with Crippen molar-refractivity contribution < 1.29 is 0 Å². The number of nitrogens with zero attached hydrogens (tertiary/aromatic N) is 1. The van der Waals surface area contributed by atoms with Crippen molar-refractivity contribution in [1.82, 2.24) is 4.98 Å². The topological polar surface area (TPSA) is 64.9 Å². The minimum absolute atomic E-state index is 0.372. The Morgan fingerprint density at radius 3 is 3.07 bits per heavy atom. The Balaban J connectivity index is 2.50. The van der Waals surface area contributed by atoms with Gasteiger partial charge in [0.25, 0.3) is 0 Å². The third kappa shape index (κ3) is 1.69. The standard InChI is InChI=1S/C10H9N3S/c11-5-1-2-7-3-4-9-8(6-7)13-10(12)14-9/h3-4,6H,5,11H2,(H2,12,13). The largest absolute Gasteiger partial charge is 0.375 e. The van der Waals surface area contributed by atoms with Crippen molar-refractivity contribution in [2.75, 3.05) is 12.3 Å². The summed E-state index contributed by atoms with van der Waals surface area (Å²) in [7, 11) is 0. The maximum Gasteiger partial charge on any atom is 0.181 e. The van der Waals surface area contributed by atoms with E-state index < -0.39 is 0 Å². The summed E-state index contributed by atoms with van der Waals surface area (Å²) in [4.78, 5) is 4.18. The van der Waals surface area contributed by atoms with Crippen molar-refractivity contribution in [2.45, 2.75) is 0 Å². The molecule has 0 spiro atoms. The molecule has 1 aromatic heterocycles. The van der Waals surface area contributed by atoms with E-state index in [1.807, 2.05) is 18.2 Å². The van der Waals surface area contributed by atoms with Crippen LogP contribution in [0.5, 0.6) is 0 Å². The molecule has 0 aliphatic heterocycles. The lowest BCUT2D eigenvalue weighted by atomic mass is 10.2. The smallest absolute Gasteiger partial charge is 0.181 e. The number of fused-ring (bicyclic) bond motifs is 1. The van der Waals surface area contributed by atoms with Crippen molar-refractivity contribution in [3.05, 3.63) is 23.8 Å². The van der Waals surface area contributed by atoms with Gasteiger partial charge < -0.3 is 11.5 Å². The Morgan fingerprint density at radius 1 is 1.43 bits per heavy atom. The number of nitrogen functional groups attached to an aromatic ring is 1. The van der Waals surface area contributed by atoms with E-state index in [2.05, 4.69) is 16.8 Å². The summed E-state index contributed by atoms with van der Waals surface area (Å²) in [5.41, 5.74) is 12.7. The summed E-state index contributed by atoms with van der Waals surface area (Å²) < 4.78 is 1.08. The van der Waals surface area contributed by atoms with Crippen LogP contribution < -0.4 is 11.5 Å². The monoisotopic (exact) mass is 203 g/mol. The molecule has 70 valence electrons. The second kappa shape index (κ2) is 3.66. The minimum Gasteiger partial charge on any atom is -0.375 e. The Labute approximate surface area is 85.7 Å². The van der Waals surface area contributed by atoms with Crippen LogP contribution in [-0.4, -0.2) is 11.5 Å². The van der Waals surface area contributed by atoms with E-state index in [1.165, 1.54) is 11.3 Å². The molecule has 1 heterocycles. The van der Waals surface area contributed by atoms with Gasteiger partial charge in [-0.15, -0.1) is 0 Å². The first-order chi connectivity index (χ1) is 6.79. The first kappa shape index (κ1) is 9.00. The van der Waals surface area contributed by atoms with Crippen LogP contribution in [0.4, 0.5) is 5.13 Å². The van der Waals surface area contributed by atoms with Gasteiger partial charge in [0.2, 0.25) is 0 Å². The number of aromatic nitrogens is 1. The molecule has 0 aliphatic carbocycles. The molecule has 0 unspecified atom stereocenters. The van der Waals surface area contributed by atoms with Gasteiger partial charge in [0.1, 0.15) is 0 Å². The number of anilines is 1. The molecule has 4 N–H and O–H groups in total. The third-order valence-electron chi connectivity index (χ3n) is 1.74. The number of nitrogens with two attached hydrogens (primary N) is 2. The number of benzene rings is 1. The van der Waals surface area contributed by atoms with Crippen molar-refractivity contribution in [3.8, 4) is 11.8 Å². The van der Waals surface area contributed by atoms with E-state index in [9.17, 15) is 0 Å². The Morgan fingerprint density at radius 2 is 2.29 bits per heavy atom. The summed E-state index contributed by atoms with van der Waals surface area (Å²) in [5.74, 6) is 5.75. The molecule has 0 saturated heterocycles. The quantitative estimate of drug-likeness (QED) is 0.632. The number of hydrogen-bond acceptors (Lipinski definition) is 4. The normalized spacial score (nSPS) is 9.79. The summed E-state index contributed by atoms with van der Waals surface area (Å²) in [5, 5.41) is 0.587. The fourth-order valence-corrected chi connectivity index (χ4v) is 1.89. The van der Waals surface area contributed by atoms with Crippen LogP contribution in [0.3, 0.4) is 0 Å². The molecule has 0 fully saturated rings. The van der Waals surface area contributed by atoms with Crippen LogP contribution in [0, 0.1) is 11.8 Å². The van der Waals surface area contributed by atoms with Crippen LogP contribution >= 0.6 is 11.3 Å². The van der Waals surface area contributed by atoms with Gasteiger partial charge in [-0.2, -0.15) is 0 Å². The van der Waals surface area contributed by atoms with E-state index >= 15 is 0 Å². The summed E-state index contributed by atoms with van der Waals surface area (Å²) in [6.07, 6.45) is 0. The third-order valence-corrected chi connectivity index (χ3v) is 2.60. The second-order valence-corrected chi connectivity index (χ2v) is 3.80. The molecular formula is C10H9N3S. The average molecular weight is 203 g/mol.